The van der Waals surface area contributed by atoms with Crippen LogP contribution in [-0.4, -0.2) is 5.78 Å². The number of benzene rings is 2. The lowest BCUT2D eigenvalue weighted by Gasteiger charge is -2.05. The molecule has 0 fully saturated rings. The van der Waals surface area contributed by atoms with Gasteiger partial charge in [0.2, 0.25) is 0 Å². The van der Waals surface area contributed by atoms with Gasteiger partial charge in [0.1, 0.15) is 0 Å². The molecule has 18 heavy (non-hydrogen) atoms. The summed E-state index contributed by atoms with van der Waals surface area (Å²) >= 11 is 5.80. The van der Waals surface area contributed by atoms with E-state index in [1.807, 2.05) is 12.1 Å². The van der Waals surface area contributed by atoms with Crippen LogP contribution in [0.4, 0.5) is 0 Å². The maximum Gasteiger partial charge on any atom is 0.163 e. The first-order chi connectivity index (χ1) is 8.66. The molecule has 0 aliphatic carbocycles. The molecule has 0 aliphatic heterocycles. The van der Waals surface area contributed by atoms with E-state index in [4.69, 9.17) is 11.6 Å². The van der Waals surface area contributed by atoms with E-state index >= 15 is 0 Å². The predicted octanol–water partition coefficient (Wildman–Crippen LogP) is 4.46. The zero-order chi connectivity index (χ0) is 13.0. The average Bonchev–Trinajstić information content (AvgIpc) is 2.38. The highest BCUT2D eigenvalue weighted by Crippen LogP contribution is 2.14. The SMILES string of the molecule is Cc1ccccc1CCC(=O)c1ccc(Cl)cc1. The molecule has 0 spiro atoms. The molecule has 0 bridgehead atoms. The Morgan fingerprint density at radius 2 is 1.72 bits per heavy atom. The first-order valence-electron chi connectivity index (χ1n) is 6.00. The van der Waals surface area contributed by atoms with Gasteiger partial charge in [0.15, 0.2) is 5.78 Å². The standard InChI is InChI=1S/C16H15ClO/c1-12-4-2-3-5-13(12)8-11-16(18)14-6-9-15(17)10-7-14/h2-7,9-10H,8,11H2,1H3. The number of Topliss-reactive ketones (excluding diaryl/α,β-unsaturated/α-hetero) is 1. The zero-order valence-electron chi connectivity index (χ0n) is 10.3. The quantitative estimate of drug-likeness (QED) is 0.740. The smallest absolute Gasteiger partial charge is 0.163 e. The summed E-state index contributed by atoms with van der Waals surface area (Å²) in [6.07, 6.45) is 1.32. The summed E-state index contributed by atoms with van der Waals surface area (Å²) in [5.74, 6) is 0.162. The molecule has 2 rings (SSSR count). The summed E-state index contributed by atoms with van der Waals surface area (Å²) in [6.45, 7) is 2.07. The summed E-state index contributed by atoms with van der Waals surface area (Å²) in [5.41, 5.74) is 3.20. The maximum absolute atomic E-state index is 12.0. The minimum Gasteiger partial charge on any atom is -0.294 e. The van der Waals surface area contributed by atoms with Gasteiger partial charge in [-0.15, -0.1) is 0 Å². The van der Waals surface area contributed by atoms with Gasteiger partial charge in [0.05, 0.1) is 0 Å². The van der Waals surface area contributed by atoms with Crippen LogP contribution >= 0.6 is 11.6 Å². The van der Waals surface area contributed by atoms with Gasteiger partial charge in [-0.3, -0.25) is 4.79 Å². The topological polar surface area (TPSA) is 17.1 Å². The lowest BCUT2D eigenvalue weighted by atomic mass is 10.00. The number of carbonyl (C=O) groups excluding carboxylic acids is 1. The van der Waals surface area contributed by atoms with Crippen LogP contribution in [0.3, 0.4) is 0 Å². The van der Waals surface area contributed by atoms with Crippen LogP contribution in [-0.2, 0) is 6.42 Å². The van der Waals surface area contributed by atoms with E-state index < -0.39 is 0 Å². The van der Waals surface area contributed by atoms with E-state index in [-0.39, 0.29) is 5.78 Å². The third kappa shape index (κ3) is 3.21. The largest absolute Gasteiger partial charge is 0.294 e. The molecule has 0 aliphatic rings. The minimum absolute atomic E-state index is 0.162. The minimum atomic E-state index is 0.162. The molecular weight excluding hydrogens is 244 g/mol. The number of halogens is 1. The molecule has 0 saturated heterocycles. The molecule has 0 heterocycles. The van der Waals surface area contributed by atoms with Crippen molar-refractivity contribution < 1.29 is 4.79 Å². The third-order valence-electron chi connectivity index (χ3n) is 3.05. The number of hydrogen-bond acceptors (Lipinski definition) is 1. The van der Waals surface area contributed by atoms with Gasteiger partial charge in [-0.25, -0.2) is 0 Å². The summed E-state index contributed by atoms with van der Waals surface area (Å²) in [4.78, 5) is 12.0. The molecule has 2 heteroatoms. The van der Waals surface area contributed by atoms with Crippen molar-refractivity contribution in [2.24, 2.45) is 0 Å². The second kappa shape index (κ2) is 5.83. The van der Waals surface area contributed by atoms with Gasteiger partial charge in [-0.2, -0.15) is 0 Å². The number of aryl methyl sites for hydroxylation is 2. The highest BCUT2D eigenvalue weighted by Gasteiger charge is 2.06. The van der Waals surface area contributed by atoms with Crippen molar-refractivity contribution in [2.45, 2.75) is 19.8 Å². The monoisotopic (exact) mass is 258 g/mol. The van der Waals surface area contributed by atoms with Gasteiger partial charge in [0, 0.05) is 17.0 Å². The Hall–Kier alpha value is -1.60. The molecule has 0 amide bonds. The van der Waals surface area contributed by atoms with E-state index in [1.165, 1.54) is 11.1 Å². The van der Waals surface area contributed by atoms with E-state index in [2.05, 4.69) is 19.1 Å². The van der Waals surface area contributed by atoms with Crippen LogP contribution in [0.1, 0.15) is 27.9 Å². The van der Waals surface area contributed by atoms with Crippen LogP contribution in [0.15, 0.2) is 48.5 Å². The summed E-state index contributed by atoms with van der Waals surface area (Å²) < 4.78 is 0. The lowest BCUT2D eigenvalue weighted by Crippen LogP contribution is -2.01. The molecule has 0 atom stereocenters. The molecule has 0 aromatic heterocycles. The normalized spacial score (nSPS) is 10.3. The Kier molecular flexibility index (Phi) is 4.16. The Morgan fingerprint density at radius 3 is 2.39 bits per heavy atom. The van der Waals surface area contributed by atoms with E-state index in [9.17, 15) is 4.79 Å². The Morgan fingerprint density at radius 1 is 1.06 bits per heavy atom. The second-order valence-corrected chi connectivity index (χ2v) is 4.79. The van der Waals surface area contributed by atoms with Crippen LogP contribution in [0.5, 0.6) is 0 Å². The molecule has 0 N–H and O–H groups in total. The van der Waals surface area contributed by atoms with Crippen molar-refractivity contribution in [3.8, 4) is 0 Å². The lowest BCUT2D eigenvalue weighted by molar-refractivity contribution is 0.0983. The van der Waals surface area contributed by atoms with Crippen molar-refractivity contribution in [1.82, 2.24) is 0 Å². The third-order valence-corrected chi connectivity index (χ3v) is 3.30. The van der Waals surface area contributed by atoms with Crippen LogP contribution in [0, 0.1) is 6.92 Å². The highest BCUT2D eigenvalue weighted by atomic mass is 35.5. The Labute approximate surface area is 112 Å². The summed E-state index contributed by atoms with van der Waals surface area (Å²) in [5, 5.41) is 0.658. The molecule has 0 radical (unpaired) electrons. The van der Waals surface area contributed by atoms with Crippen LogP contribution in [0.25, 0.3) is 0 Å². The first-order valence-corrected chi connectivity index (χ1v) is 6.38. The number of carbonyl (C=O) groups is 1. The molecule has 2 aromatic carbocycles. The number of ketones is 1. The average molecular weight is 259 g/mol. The molecular formula is C16H15ClO. The molecule has 0 saturated carbocycles. The summed E-state index contributed by atoms with van der Waals surface area (Å²) in [7, 11) is 0. The Balaban J connectivity index is 2.01. The van der Waals surface area contributed by atoms with Crippen molar-refractivity contribution in [2.75, 3.05) is 0 Å². The van der Waals surface area contributed by atoms with E-state index in [0.717, 1.165) is 12.0 Å². The molecule has 2 aromatic rings. The van der Waals surface area contributed by atoms with Crippen LogP contribution in [0.2, 0.25) is 5.02 Å². The van der Waals surface area contributed by atoms with E-state index in [1.54, 1.807) is 24.3 Å². The van der Waals surface area contributed by atoms with Crippen molar-refractivity contribution >= 4 is 17.4 Å². The molecule has 0 unspecified atom stereocenters. The fourth-order valence-electron chi connectivity index (χ4n) is 1.92. The fourth-order valence-corrected chi connectivity index (χ4v) is 2.04. The maximum atomic E-state index is 12.0. The van der Waals surface area contributed by atoms with E-state index in [0.29, 0.717) is 11.4 Å². The molecule has 92 valence electrons. The fraction of sp³-hybridized carbons (Fsp3) is 0.188. The van der Waals surface area contributed by atoms with Crippen LogP contribution < -0.4 is 0 Å². The van der Waals surface area contributed by atoms with Gasteiger partial charge in [-0.05, 0) is 48.7 Å². The zero-order valence-corrected chi connectivity index (χ0v) is 11.1. The van der Waals surface area contributed by atoms with Crippen molar-refractivity contribution in [1.29, 1.82) is 0 Å². The Bertz CT molecular complexity index is 543. The van der Waals surface area contributed by atoms with Gasteiger partial charge < -0.3 is 0 Å². The predicted molar refractivity (Wildman–Crippen MR) is 75.3 cm³/mol. The van der Waals surface area contributed by atoms with Crippen molar-refractivity contribution in [3.05, 3.63) is 70.2 Å². The molecule has 1 nitrogen and oxygen atoms in total. The van der Waals surface area contributed by atoms with Gasteiger partial charge >= 0.3 is 0 Å². The second-order valence-electron chi connectivity index (χ2n) is 4.36. The summed E-state index contributed by atoms with van der Waals surface area (Å²) in [6, 6.07) is 15.2. The van der Waals surface area contributed by atoms with Crippen molar-refractivity contribution in [3.63, 3.8) is 0 Å². The number of rotatable bonds is 4. The highest BCUT2D eigenvalue weighted by molar-refractivity contribution is 6.30. The van der Waals surface area contributed by atoms with Gasteiger partial charge in [0.25, 0.3) is 0 Å². The first kappa shape index (κ1) is 12.8. The van der Waals surface area contributed by atoms with Gasteiger partial charge in [-0.1, -0.05) is 35.9 Å². The number of hydrogen-bond donors (Lipinski definition) is 0.